The zero-order valence-corrected chi connectivity index (χ0v) is 5.61. The van der Waals surface area contributed by atoms with Crippen molar-refractivity contribution in [3.8, 4) is 0 Å². The van der Waals surface area contributed by atoms with Crippen LogP contribution in [0.15, 0.2) is 9.98 Å². The minimum Gasteiger partial charge on any atom is -0.481 e. The van der Waals surface area contributed by atoms with E-state index >= 15 is 0 Å². The van der Waals surface area contributed by atoms with E-state index in [1.807, 2.05) is 0 Å². The summed E-state index contributed by atoms with van der Waals surface area (Å²) in [4.78, 5) is 17.9. The Kier molecular flexibility index (Phi) is 1.80. The Labute approximate surface area is 58.3 Å². The summed E-state index contributed by atoms with van der Waals surface area (Å²) in [5.41, 5.74) is 0.780. The Morgan fingerprint density at radius 1 is 1.90 bits per heavy atom. The van der Waals surface area contributed by atoms with Crippen LogP contribution >= 0.6 is 0 Å². The van der Waals surface area contributed by atoms with E-state index in [9.17, 15) is 4.79 Å². The molecule has 0 aliphatic carbocycles. The first-order valence-corrected chi connectivity index (χ1v) is 2.98. The highest BCUT2D eigenvalue weighted by Gasteiger charge is 2.16. The highest BCUT2D eigenvalue weighted by Crippen LogP contribution is 2.05. The molecule has 0 amide bonds. The molecule has 0 fully saturated rings. The number of hydrogen-bond acceptors (Lipinski definition) is 3. The maximum absolute atomic E-state index is 10.2. The molecule has 1 N–H and O–H groups in total. The molecule has 0 aromatic rings. The van der Waals surface area contributed by atoms with E-state index in [0.29, 0.717) is 0 Å². The van der Waals surface area contributed by atoms with Crippen molar-refractivity contribution < 1.29 is 9.90 Å². The average Bonchev–Trinajstić information content (AvgIpc) is 2.15. The van der Waals surface area contributed by atoms with Gasteiger partial charge in [0.25, 0.3) is 0 Å². The van der Waals surface area contributed by atoms with Crippen LogP contribution in [0.1, 0.15) is 13.3 Å². The summed E-state index contributed by atoms with van der Waals surface area (Å²) in [6, 6.07) is -0.225. The van der Waals surface area contributed by atoms with E-state index in [4.69, 9.17) is 5.11 Å². The Balaban J connectivity index is 2.51. The summed E-state index contributed by atoms with van der Waals surface area (Å²) in [7, 11) is 0. The quantitative estimate of drug-likeness (QED) is 0.600. The molecule has 0 bridgehead atoms. The lowest BCUT2D eigenvalue weighted by Gasteiger charge is -2.01. The summed E-state index contributed by atoms with van der Waals surface area (Å²) in [6.45, 7) is 1.78. The largest absolute Gasteiger partial charge is 0.481 e. The zero-order valence-electron chi connectivity index (χ0n) is 5.61. The number of hydrogen-bond donors (Lipinski definition) is 1. The summed E-state index contributed by atoms with van der Waals surface area (Å²) in [5.74, 6) is -0.835. The van der Waals surface area contributed by atoms with Crippen LogP contribution in [0.25, 0.3) is 0 Å². The number of rotatable bonds is 2. The molecule has 0 aromatic carbocycles. The molecule has 1 rings (SSSR count). The molecule has 10 heavy (non-hydrogen) atoms. The van der Waals surface area contributed by atoms with Gasteiger partial charge in [-0.2, -0.15) is 0 Å². The van der Waals surface area contributed by atoms with Crippen LogP contribution < -0.4 is 0 Å². The van der Waals surface area contributed by atoms with E-state index in [1.165, 1.54) is 6.34 Å². The fourth-order valence-corrected chi connectivity index (χ4v) is 0.765. The van der Waals surface area contributed by atoms with Crippen molar-refractivity contribution in [3.05, 3.63) is 0 Å². The first-order chi connectivity index (χ1) is 4.70. The molecule has 0 unspecified atom stereocenters. The summed E-state index contributed by atoms with van der Waals surface area (Å²) < 4.78 is 0. The van der Waals surface area contributed by atoms with Gasteiger partial charge in [0.1, 0.15) is 12.4 Å². The number of aliphatic carboxylic acids is 1. The fraction of sp³-hybridized carbons (Fsp3) is 0.500. The maximum Gasteiger partial charge on any atom is 0.305 e. The van der Waals surface area contributed by atoms with Crippen LogP contribution in [0.5, 0.6) is 0 Å². The second-order valence-electron chi connectivity index (χ2n) is 2.15. The number of carbonyl (C=O) groups is 1. The van der Waals surface area contributed by atoms with Crippen LogP contribution in [0.2, 0.25) is 0 Å². The monoisotopic (exact) mass is 140 g/mol. The molecular weight excluding hydrogens is 132 g/mol. The van der Waals surface area contributed by atoms with Crippen LogP contribution in [-0.4, -0.2) is 29.2 Å². The molecule has 4 nitrogen and oxygen atoms in total. The molecule has 4 heteroatoms. The van der Waals surface area contributed by atoms with Gasteiger partial charge in [0.2, 0.25) is 0 Å². The van der Waals surface area contributed by atoms with Crippen molar-refractivity contribution in [2.45, 2.75) is 19.4 Å². The van der Waals surface area contributed by atoms with Crippen LogP contribution in [0, 0.1) is 0 Å². The standard InChI is InChI=1S/C6H8N2O2/c1-4-5(2-6(9)10)8-3-7-4/h3,5H,2H2,1H3,(H,9,10)/t5-/m1/s1. The van der Waals surface area contributed by atoms with Crippen LogP contribution in [-0.2, 0) is 4.79 Å². The van der Waals surface area contributed by atoms with E-state index < -0.39 is 5.97 Å². The highest BCUT2D eigenvalue weighted by molar-refractivity contribution is 5.99. The summed E-state index contributed by atoms with van der Waals surface area (Å²) in [5, 5.41) is 8.36. The van der Waals surface area contributed by atoms with Crippen LogP contribution in [0.4, 0.5) is 0 Å². The van der Waals surface area contributed by atoms with Crippen molar-refractivity contribution >= 4 is 18.0 Å². The predicted octanol–water partition coefficient (Wildman–Crippen LogP) is 0.333. The molecule has 1 aliphatic heterocycles. The lowest BCUT2D eigenvalue weighted by atomic mass is 10.1. The smallest absolute Gasteiger partial charge is 0.305 e. The van der Waals surface area contributed by atoms with Gasteiger partial charge in [-0.15, -0.1) is 0 Å². The van der Waals surface area contributed by atoms with E-state index in [0.717, 1.165) is 5.71 Å². The number of carboxylic acids is 1. The minimum atomic E-state index is -0.835. The van der Waals surface area contributed by atoms with Gasteiger partial charge in [-0.05, 0) is 6.92 Å². The van der Waals surface area contributed by atoms with Gasteiger partial charge in [0.15, 0.2) is 0 Å². The molecule has 1 aliphatic rings. The number of nitrogens with zero attached hydrogens (tertiary/aromatic N) is 2. The second kappa shape index (κ2) is 2.60. The van der Waals surface area contributed by atoms with Crippen LogP contribution in [0.3, 0.4) is 0 Å². The van der Waals surface area contributed by atoms with Gasteiger partial charge >= 0.3 is 5.97 Å². The third kappa shape index (κ3) is 1.40. The Bertz CT molecular complexity index is 208. The van der Waals surface area contributed by atoms with Gasteiger partial charge in [-0.3, -0.25) is 9.79 Å². The Morgan fingerprint density at radius 3 is 3.00 bits per heavy atom. The first-order valence-electron chi connectivity index (χ1n) is 2.98. The van der Waals surface area contributed by atoms with E-state index in [-0.39, 0.29) is 12.5 Å². The van der Waals surface area contributed by atoms with Crippen molar-refractivity contribution in [3.63, 3.8) is 0 Å². The van der Waals surface area contributed by atoms with Crippen molar-refractivity contribution in [2.75, 3.05) is 0 Å². The topological polar surface area (TPSA) is 62.0 Å². The third-order valence-corrected chi connectivity index (χ3v) is 1.36. The maximum atomic E-state index is 10.2. The lowest BCUT2D eigenvalue weighted by molar-refractivity contribution is -0.137. The molecule has 0 saturated heterocycles. The van der Waals surface area contributed by atoms with E-state index in [2.05, 4.69) is 9.98 Å². The van der Waals surface area contributed by atoms with E-state index in [1.54, 1.807) is 6.92 Å². The molecule has 0 radical (unpaired) electrons. The number of carboxylic acid groups (broad SMARTS) is 1. The van der Waals surface area contributed by atoms with Gasteiger partial charge in [-0.1, -0.05) is 0 Å². The van der Waals surface area contributed by atoms with Gasteiger partial charge in [0, 0.05) is 5.71 Å². The van der Waals surface area contributed by atoms with Gasteiger partial charge in [0.05, 0.1) is 6.42 Å². The average molecular weight is 140 g/mol. The molecule has 0 spiro atoms. The van der Waals surface area contributed by atoms with Crippen molar-refractivity contribution in [1.29, 1.82) is 0 Å². The second-order valence-corrected chi connectivity index (χ2v) is 2.15. The lowest BCUT2D eigenvalue weighted by Crippen LogP contribution is -2.16. The first kappa shape index (κ1) is 6.92. The summed E-state index contributed by atoms with van der Waals surface area (Å²) in [6.07, 6.45) is 1.45. The molecular formula is C6H8N2O2. The molecule has 0 saturated carbocycles. The predicted molar refractivity (Wildman–Crippen MR) is 37.6 cm³/mol. The molecule has 1 heterocycles. The zero-order chi connectivity index (χ0) is 7.56. The van der Waals surface area contributed by atoms with Crippen molar-refractivity contribution in [2.24, 2.45) is 9.98 Å². The SMILES string of the molecule is CC1=NC=N[C@@H]1CC(=O)O. The fourth-order valence-electron chi connectivity index (χ4n) is 0.765. The minimum absolute atomic E-state index is 0.0475. The Morgan fingerprint density at radius 2 is 2.60 bits per heavy atom. The molecule has 1 atom stereocenters. The number of aliphatic imine (C=N–C) groups is 2. The van der Waals surface area contributed by atoms with Gasteiger partial charge < -0.3 is 5.11 Å². The third-order valence-electron chi connectivity index (χ3n) is 1.36. The highest BCUT2D eigenvalue weighted by atomic mass is 16.4. The molecule has 0 aromatic heterocycles. The summed E-state index contributed by atoms with van der Waals surface area (Å²) >= 11 is 0. The Hall–Kier alpha value is -1.19. The van der Waals surface area contributed by atoms with Crippen molar-refractivity contribution in [1.82, 2.24) is 0 Å². The van der Waals surface area contributed by atoms with Gasteiger partial charge in [-0.25, -0.2) is 4.99 Å². The normalized spacial score (nSPS) is 22.9. The molecule has 54 valence electrons.